The van der Waals surface area contributed by atoms with E-state index in [-0.39, 0.29) is 21.9 Å². The van der Waals surface area contributed by atoms with E-state index in [0.29, 0.717) is 22.1 Å². The number of hydrazine groups is 1. The molecule has 0 bridgehead atoms. The summed E-state index contributed by atoms with van der Waals surface area (Å²) in [6, 6.07) is 35.6. The van der Waals surface area contributed by atoms with Crippen LogP contribution in [0.5, 0.6) is 11.5 Å². The number of ether oxygens (including phenoxy) is 1. The van der Waals surface area contributed by atoms with Gasteiger partial charge in [0.25, 0.3) is 15.9 Å². The van der Waals surface area contributed by atoms with E-state index in [0.717, 1.165) is 11.1 Å². The summed E-state index contributed by atoms with van der Waals surface area (Å²) in [4.78, 5) is 28.3. The fraction of sp³-hybridized carbons (Fsp3) is 0.0588. The highest BCUT2D eigenvalue weighted by Gasteiger charge is 2.34. The highest BCUT2D eigenvalue weighted by Crippen LogP contribution is 2.33. The summed E-state index contributed by atoms with van der Waals surface area (Å²) >= 11 is 6.08. The number of nitrogens with one attached hydrogen (secondary N) is 1. The van der Waals surface area contributed by atoms with Crippen LogP contribution in [0.3, 0.4) is 0 Å². The van der Waals surface area contributed by atoms with Crippen LogP contribution in [0.2, 0.25) is 5.02 Å². The van der Waals surface area contributed by atoms with Gasteiger partial charge in [-0.25, -0.2) is 18.2 Å². The number of carbonyl (C=O) groups is 2. The number of hydrogen-bond donors (Lipinski definition) is 2. The lowest BCUT2D eigenvalue weighted by Gasteiger charge is -2.29. The van der Waals surface area contributed by atoms with E-state index in [2.05, 4.69) is 4.83 Å². The van der Waals surface area contributed by atoms with Gasteiger partial charge in [0.2, 0.25) is 0 Å². The van der Waals surface area contributed by atoms with Crippen LogP contribution in [0.25, 0.3) is 11.1 Å². The van der Waals surface area contributed by atoms with Crippen LogP contribution in [0.4, 0.5) is 0 Å². The maximum Gasteiger partial charge on any atom is 0.328 e. The Kier molecular flexibility index (Phi) is 9.40. The lowest BCUT2D eigenvalue weighted by Crippen LogP contribution is -2.55. The third-order valence-electron chi connectivity index (χ3n) is 6.71. The number of sulfonamides is 1. The first-order valence-electron chi connectivity index (χ1n) is 13.5. The summed E-state index contributed by atoms with van der Waals surface area (Å²) < 4.78 is 32.6. The molecule has 5 aromatic rings. The van der Waals surface area contributed by atoms with Crippen molar-refractivity contribution < 1.29 is 27.9 Å². The Labute approximate surface area is 260 Å². The molecule has 222 valence electrons. The Balaban J connectivity index is 1.45. The zero-order valence-electron chi connectivity index (χ0n) is 23.2. The van der Waals surface area contributed by atoms with Gasteiger partial charge in [-0.3, -0.25) is 4.79 Å². The molecule has 5 rings (SSSR count). The second kappa shape index (κ2) is 13.6. The largest absolute Gasteiger partial charge is 0.480 e. The number of carboxylic acid groups (broad SMARTS) is 1. The SMILES string of the molecule is O=C(O)[C@H](Cc1ccc(-c2ccccc2Oc2ccccc2)cc1)N(NS(=O)(=O)c1ccccc1)C(=O)c1cccc(Cl)c1. The van der Waals surface area contributed by atoms with Crippen molar-refractivity contribution >= 4 is 33.5 Å². The Bertz CT molecular complexity index is 1870. The quantitative estimate of drug-likeness (QED) is 0.155. The minimum absolute atomic E-state index is 0.0184. The van der Waals surface area contributed by atoms with Gasteiger partial charge in [-0.1, -0.05) is 96.5 Å². The highest BCUT2D eigenvalue weighted by atomic mass is 35.5. The zero-order valence-corrected chi connectivity index (χ0v) is 24.8. The average molecular weight is 627 g/mol. The van der Waals surface area contributed by atoms with Crippen molar-refractivity contribution in [3.8, 4) is 22.6 Å². The standard InChI is InChI=1S/C34H27ClN2O6S/c35-27-11-9-10-26(23-27)33(38)37(36-44(41,42)29-14-5-2-6-15-29)31(34(39)40)22-24-18-20-25(21-19-24)30-16-7-8-17-32(30)43-28-12-3-1-4-13-28/h1-21,23,31,36H,22H2,(H,39,40)/t31-/m0/s1. The Morgan fingerprint density at radius 3 is 2.09 bits per heavy atom. The van der Waals surface area contributed by atoms with Gasteiger partial charge in [-0.2, -0.15) is 0 Å². The molecule has 0 heterocycles. The van der Waals surface area contributed by atoms with Crippen LogP contribution in [-0.4, -0.2) is 36.5 Å². The molecule has 44 heavy (non-hydrogen) atoms. The smallest absolute Gasteiger partial charge is 0.328 e. The van der Waals surface area contributed by atoms with Crippen molar-refractivity contribution in [1.82, 2.24) is 9.84 Å². The van der Waals surface area contributed by atoms with Gasteiger partial charge in [0.05, 0.1) is 4.90 Å². The number of amides is 1. The molecule has 8 nitrogen and oxygen atoms in total. The highest BCUT2D eigenvalue weighted by molar-refractivity contribution is 7.89. The summed E-state index contributed by atoms with van der Waals surface area (Å²) in [6.45, 7) is 0. The van der Waals surface area contributed by atoms with Crippen molar-refractivity contribution in [2.24, 2.45) is 0 Å². The van der Waals surface area contributed by atoms with Crippen molar-refractivity contribution in [1.29, 1.82) is 0 Å². The molecule has 1 amide bonds. The third kappa shape index (κ3) is 7.33. The van der Waals surface area contributed by atoms with Gasteiger partial charge in [-0.15, -0.1) is 4.83 Å². The lowest BCUT2D eigenvalue weighted by atomic mass is 9.99. The normalized spacial score (nSPS) is 11.8. The van der Waals surface area contributed by atoms with Gasteiger partial charge in [0, 0.05) is 22.6 Å². The Morgan fingerprint density at radius 1 is 0.795 bits per heavy atom. The first-order valence-corrected chi connectivity index (χ1v) is 15.4. The summed E-state index contributed by atoms with van der Waals surface area (Å²) in [5.41, 5.74) is 2.23. The maximum absolute atomic E-state index is 13.6. The molecule has 0 spiro atoms. The Morgan fingerprint density at radius 2 is 1.43 bits per heavy atom. The number of hydrogen-bond acceptors (Lipinski definition) is 5. The Hall–Kier alpha value is -4.96. The van der Waals surface area contributed by atoms with E-state index >= 15 is 0 Å². The molecule has 0 saturated heterocycles. The average Bonchev–Trinajstić information content (AvgIpc) is 3.04. The molecule has 0 aliphatic carbocycles. The van der Waals surface area contributed by atoms with Crippen LogP contribution in [0.1, 0.15) is 15.9 Å². The van der Waals surface area contributed by atoms with E-state index in [1.807, 2.05) is 66.7 Å². The van der Waals surface area contributed by atoms with E-state index in [1.165, 1.54) is 42.5 Å². The van der Waals surface area contributed by atoms with Crippen LogP contribution in [0.15, 0.2) is 138 Å². The number of carbonyl (C=O) groups excluding carboxylic acids is 1. The van der Waals surface area contributed by atoms with Gasteiger partial charge in [-0.05, 0) is 59.7 Å². The van der Waals surface area contributed by atoms with Crippen molar-refractivity contribution in [2.75, 3.05) is 0 Å². The number of halogens is 1. The third-order valence-corrected chi connectivity index (χ3v) is 8.28. The maximum atomic E-state index is 13.6. The number of aliphatic carboxylic acids is 1. The molecule has 0 aromatic heterocycles. The molecule has 0 radical (unpaired) electrons. The molecule has 0 fully saturated rings. The van der Waals surface area contributed by atoms with Crippen LogP contribution >= 0.6 is 11.6 Å². The van der Waals surface area contributed by atoms with Gasteiger partial charge >= 0.3 is 5.97 Å². The van der Waals surface area contributed by atoms with E-state index < -0.39 is 27.9 Å². The minimum atomic E-state index is -4.32. The number of para-hydroxylation sites is 2. The van der Waals surface area contributed by atoms with Crippen LogP contribution < -0.4 is 9.57 Å². The topological polar surface area (TPSA) is 113 Å². The predicted molar refractivity (Wildman–Crippen MR) is 168 cm³/mol. The fourth-order valence-corrected chi connectivity index (χ4v) is 5.81. The summed E-state index contributed by atoms with van der Waals surface area (Å²) in [7, 11) is -4.32. The van der Waals surface area contributed by atoms with Gasteiger partial charge in [0.15, 0.2) is 6.04 Å². The molecule has 1 atom stereocenters. The minimum Gasteiger partial charge on any atom is -0.480 e. The number of nitrogens with zero attached hydrogens (tertiary/aromatic N) is 1. The van der Waals surface area contributed by atoms with Gasteiger partial charge in [0.1, 0.15) is 11.5 Å². The predicted octanol–water partition coefficient (Wildman–Crippen LogP) is 6.83. The van der Waals surface area contributed by atoms with Crippen molar-refractivity contribution in [3.05, 3.63) is 150 Å². The van der Waals surface area contributed by atoms with Crippen LogP contribution in [0, 0.1) is 0 Å². The van der Waals surface area contributed by atoms with Crippen LogP contribution in [-0.2, 0) is 21.2 Å². The first-order chi connectivity index (χ1) is 21.2. The van der Waals surface area contributed by atoms with Crippen molar-refractivity contribution in [2.45, 2.75) is 17.4 Å². The summed E-state index contributed by atoms with van der Waals surface area (Å²) in [6.07, 6.45) is -0.193. The first kappa shape index (κ1) is 30.5. The second-order valence-electron chi connectivity index (χ2n) is 9.76. The molecule has 0 unspecified atom stereocenters. The molecule has 0 aliphatic heterocycles. The van der Waals surface area contributed by atoms with E-state index in [4.69, 9.17) is 16.3 Å². The molecule has 0 aliphatic rings. The number of rotatable bonds is 11. The molecule has 10 heteroatoms. The van der Waals surface area contributed by atoms with E-state index in [9.17, 15) is 23.1 Å². The zero-order chi connectivity index (χ0) is 31.1. The number of benzene rings is 5. The van der Waals surface area contributed by atoms with Gasteiger partial charge < -0.3 is 9.84 Å². The second-order valence-corrected chi connectivity index (χ2v) is 11.9. The summed E-state index contributed by atoms with van der Waals surface area (Å²) in [5, 5.41) is 11.1. The monoisotopic (exact) mass is 626 g/mol. The molecule has 5 aromatic carbocycles. The number of carboxylic acids is 1. The molecule has 2 N–H and O–H groups in total. The fourth-order valence-electron chi connectivity index (χ4n) is 4.53. The molecular formula is C34H27ClN2O6S. The molecule has 0 saturated carbocycles. The molecular weight excluding hydrogens is 600 g/mol. The lowest BCUT2D eigenvalue weighted by molar-refractivity contribution is -0.142. The van der Waals surface area contributed by atoms with E-state index in [1.54, 1.807) is 24.3 Å². The van der Waals surface area contributed by atoms with Crippen molar-refractivity contribution in [3.63, 3.8) is 0 Å². The summed E-state index contributed by atoms with van der Waals surface area (Å²) in [5.74, 6) is -0.948.